The SMILES string of the molecule is COc1ccc(C(=O)Oc2ccc3ccccc3c2/C=N/NC(=O)COc2ccc3ccccc3c2)cc1. The van der Waals surface area contributed by atoms with E-state index in [1.807, 2.05) is 72.8 Å². The van der Waals surface area contributed by atoms with Crippen molar-refractivity contribution in [2.75, 3.05) is 13.7 Å². The summed E-state index contributed by atoms with van der Waals surface area (Å²) in [7, 11) is 1.56. The van der Waals surface area contributed by atoms with Gasteiger partial charge >= 0.3 is 5.97 Å². The minimum absolute atomic E-state index is 0.204. The lowest BCUT2D eigenvalue weighted by molar-refractivity contribution is -0.123. The molecule has 0 aromatic heterocycles. The van der Waals surface area contributed by atoms with Crippen LogP contribution in [0.3, 0.4) is 0 Å². The van der Waals surface area contributed by atoms with E-state index in [2.05, 4.69) is 10.5 Å². The second kappa shape index (κ2) is 11.3. The third-order valence-electron chi connectivity index (χ3n) is 5.93. The van der Waals surface area contributed by atoms with Crippen LogP contribution in [0.5, 0.6) is 17.2 Å². The summed E-state index contributed by atoms with van der Waals surface area (Å²) in [5, 5.41) is 7.97. The molecule has 0 bridgehead atoms. The van der Waals surface area contributed by atoms with Crippen molar-refractivity contribution in [2.45, 2.75) is 0 Å². The lowest BCUT2D eigenvalue weighted by Crippen LogP contribution is -2.24. The molecule has 5 rings (SSSR count). The maximum absolute atomic E-state index is 12.8. The highest BCUT2D eigenvalue weighted by Crippen LogP contribution is 2.28. The van der Waals surface area contributed by atoms with Gasteiger partial charge in [0.1, 0.15) is 17.2 Å². The topological polar surface area (TPSA) is 86.2 Å². The van der Waals surface area contributed by atoms with Gasteiger partial charge in [-0.15, -0.1) is 0 Å². The van der Waals surface area contributed by atoms with Crippen molar-refractivity contribution in [1.29, 1.82) is 0 Å². The maximum Gasteiger partial charge on any atom is 0.343 e. The Labute approximate surface area is 219 Å². The molecular weight excluding hydrogens is 480 g/mol. The van der Waals surface area contributed by atoms with Crippen molar-refractivity contribution >= 4 is 39.6 Å². The van der Waals surface area contributed by atoms with Crippen LogP contribution in [0.4, 0.5) is 0 Å². The molecule has 0 aliphatic carbocycles. The molecule has 0 aliphatic heterocycles. The monoisotopic (exact) mass is 504 g/mol. The first-order valence-corrected chi connectivity index (χ1v) is 11.9. The number of nitrogens with one attached hydrogen (secondary N) is 1. The quantitative estimate of drug-likeness (QED) is 0.126. The largest absolute Gasteiger partial charge is 0.497 e. The zero-order chi connectivity index (χ0) is 26.3. The summed E-state index contributed by atoms with van der Waals surface area (Å²) in [6, 6.07) is 31.4. The molecule has 5 aromatic rings. The van der Waals surface area contributed by atoms with Crippen molar-refractivity contribution in [3.8, 4) is 17.2 Å². The molecule has 1 amide bonds. The van der Waals surface area contributed by atoms with Gasteiger partial charge in [-0.05, 0) is 64.0 Å². The summed E-state index contributed by atoms with van der Waals surface area (Å²) >= 11 is 0. The van der Waals surface area contributed by atoms with E-state index in [4.69, 9.17) is 14.2 Å². The molecule has 7 heteroatoms. The Morgan fingerprint density at radius 3 is 2.26 bits per heavy atom. The first-order chi connectivity index (χ1) is 18.6. The average Bonchev–Trinajstić information content (AvgIpc) is 2.96. The molecule has 0 unspecified atom stereocenters. The predicted octanol–water partition coefficient (Wildman–Crippen LogP) is 5.75. The van der Waals surface area contributed by atoms with Crippen molar-refractivity contribution in [2.24, 2.45) is 5.10 Å². The third kappa shape index (κ3) is 5.63. The number of methoxy groups -OCH3 is 1. The van der Waals surface area contributed by atoms with Gasteiger partial charge in [0.25, 0.3) is 5.91 Å². The highest BCUT2D eigenvalue weighted by molar-refractivity contribution is 6.04. The van der Waals surface area contributed by atoms with Gasteiger partial charge < -0.3 is 14.2 Å². The number of ether oxygens (including phenoxy) is 3. The predicted molar refractivity (Wildman–Crippen MR) is 147 cm³/mol. The second-order valence-electron chi connectivity index (χ2n) is 8.41. The maximum atomic E-state index is 12.8. The Morgan fingerprint density at radius 2 is 1.47 bits per heavy atom. The van der Waals surface area contributed by atoms with Crippen LogP contribution in [-0.4, -0.2) is 31.8 Å². The number of carbonyl (C=O) groups is 2. The molecule has 1 N–H and O–H groups in total. The molecule has 0 saturated carbocycles. The fourth-order valence-corrected chi connectivity index (χ4v) is 3.99. The van der Waals surface area contributed by atoms with E-state index in [-0.39, 0.29) is 6.61 Å². The number of benzene rings is 5. The van der Waals surface area contributed by atoms with Crippen LogP contribution in [-0.2, 0) is 4.79 Å². The number of esters is 1. The molecule has 5 aromatic carbocycles. The Morgan fingerprint density at radius 1 is 0.789 bits per heavy atom. The summed E-state index contributed by atoms with van der Waals surface area (Å²) < 4.78 is 16.5. The summed E-state index contributed by atoms with van der Waals surface area (Å²) in [6.07, 6.45) is 1.47. The van der Waals surface area contributed by atoms with Crippen LogP contribution >= 0.6 is 0 Å². The van der Waals surface area contributed by atoms with Gasteiger partial charge in [-0.25, -0.2) is 10.2 Å². The van der Waals surface area contributed by atoms with Crippen LogP contribution < -0.4 is 19.6 Å². The number of hydrazone groups is 1. The van der Waals surface area contributed by atoms with Crippen molar-refractivity contribution in [1.82, 2.24) is 5.43 Å². The lowest BCUT2D eigenvalue weighted by Gasteiger charge is -2.11. The summed E-state index contributed by atoms with van der Waals surface area (Å²) in [5.41, 5.74) is 3.41. The van der Waals surface area contributed by atoms with Crippen LogP contribution in [0.15, 0.2) is 108 Å². The Balaban J connectivity index is 1.29. The van der Waals surface area contributed by atoms with Gasteiger partial charge in [0.15, 0.2) is 6.61 Å². The van der Waals surface area contributed by atoms with Gasteiger partial charge in [-0.2, -0.15) is 5.10 Å². The molecule has 7 nitrogen and oxygen atoms in total. The smallest absolute Gasteiger partial charge is 0.343 e. The fraction of sp³-hybridized carbons (Fsp3) is 0.0645. The Bertz CT molecular complexity index is 1640. The van der Waals surface area contributed by atoms with Crippen molar-refractivity contribution < 1.29 is 23.8 Å². The number of hydrogen-bond acceptors (Lipinski definition) is 6. The highest BCUT2D eigenvalue weighted by Gasteiger charge is 2.14. The average molecular weight is 505 g/mol. The van der Waals surface area contributed by atoms with E-state index in [9.17, 15) is 9.59 Å². The normalized spacial score (nSPS) is 11.0. The van der Waals surface area contributed by atoms with E-state index < -0.39 is 11.9 Å². The molecule has 38 heavy (non-hydrogen) atoms. The Kier molecular flexibility index (Phi) is 7.27. The molecule has 0 saturated heterocycles. The molecule has 0 fully saturated rings. The molecule has 0 radical (unpaired) electrons. The molecule has 0 spiro atoms. The van der Waals surface area contributed by atoms with E-state index in [1.54, 1.807) is 37.4 Å². The van der Waals surface area contributed by atoms with Crippen LogP contribution in [0.2, 0.25) is 0 Å². The number of hydrogen-bond donors (Lipinski definition) is 1. The fourth-order valence-electron chi connectivity index (χ4n) is 3.99. The van der Waals surface area contributed by atoms with Gasteiger partial charge in [0, 0.05) is 5.56 Å². The zero-order valence-electron chi connectivity index (χ0n) is 20.6. The number of nitrogens with zero attached hydrogens (tertiary/aromatic N) is 1. The van der Waals surface area contributed by atoms with E-state index in [0.717, 1.165) is 21.5 Å². The second-order valence-corrected chi connectivity index (χ2v) is 8.41. The summed E-state index contributed by atoms with van der Waals surface area (Å²) in [6.45, 7) is -0.204. The van der Waals surface area contributed by atoms with Crippen molar-refractivity contribution in [3.63, 3.8) is 0 Å². The Hall–Kier alpha value is -5.17. The number of rotatable bonds is 8. The first-order valence-electron chi connectivity index (χ1n) is 11.9. The van der Waals surface area contributed by atoms with Crippen LogP contribution in [0.1, 0.15) is 15.9 Å². The summed E-state index contributed by atoms with van der Waals surface area (Å²) in [4.78, 5) is 25.2. The third-order valence-corrected chi connectivity index (χ3v) is 5.93. The number of fused-ring (bicyclic) bond motifs is 2. The minimum Gasteiger partial charge on any atom is -0.497 e. The van der Waals surface area contributed by atoms with Gasteiger partial charge in [0.2, 0.25) is 0 Å². The van der Waals surface area contributed by atoms with Gasteiger partial charge in [-0.1, -0.05) is 60.7 Å². The van der Waals surface area contributed by atoms with E-state index >= 15 is 0 Å². The van der Waals surface area contributed by atoms with E-state index in [1.165, 1.54) is 6.21 Å². The summed E-state index contributed by atoms with van der Waals surface area (Å²) in [5.74, 6) is 0.594. The molecular formula is C31H24N2O5. The first kappa shape index (κ1) is 24.5. The lowest BCUT2D eigenvalue weighted by atomic mass is 10.0. The molecule has 0 aliphatic rings. The minimum atomic E-state index is -0.523. The standard InChI is InChI=1S/C31H24N2O5/c1-36-25-14-11-23(12-15-25)31(35)38-29-17-13-22-7-4-5-9-27(22)28(29)19-32-33-30(34)20-37-26-16-10-21-6-2-3-8-24(21)18-26/h2-19H,20H2,1H3,(H,33,34)/b32-19+. The number of carbonyl (C=O) groups excluding carboxylic acids is 2. The molecule has 188 valence electrons. The molecule has 0 heterocycles. The van der Waals surface area contributed by atoms with Crippen molar-refractivity contribution in [3.05, 3.63) is 114 Å². The van der Waals surface area contributed by atoms with Gasteiger partial charge in [0.05, 0.1) is 18.9 Å². The van der Waals surface area contributed by atoms with Crippen LogP contribution in [0.25, 0.3) is 21.5 Å². The molecule has 0 atom stereocenters. The number of amides is 1. The van der Waals surface area contributed by atoms with E-state index in [0.29, 0.717) is 28.4 Å². The van der Waals surface area contributed by atoms with Gasteiger partial charge in [-0.3, -0.25) is 4.79 Å². The zero-order valence-corrected chi connectivity index (χ0v) is 20.6. The van der Waals surface area contributed by atoms with Crippen LogP contribution in [0, 0.1) is 0 Å². The highest BCUT2D eigenvalue weighted by atomic mass is 16.5.